The molecule has 158 valence electrons. The Balaban J connectivity index is 1.65. The van der Waals surface area contributed by atoms with Gasteiger partial charge >= 0.3 is 0 Å². The van der Waals surface area contributed by atoms with E-state index in [0.717, 1.165) is 28.2 Å². The number of thiophene rings is 1. The molecule has 2 heterocycles. The van der Waals surface area contributed by atoms with Crippen molar-refractivity contribution < 1.29 is 14.4 Å². The number of fused-ring (bicyclic) bond motifs is 1. The number of methoxy groups -OCH3 is 1. The lowest BCUT2D eigenvalue weighted by molar-refractivity contribution is -0.120. The zero-order valence-electron chi connectivity index (χ0n) is 17.8. The number of benzene rings is 1. The van der Waals surface area contributed by atoms with Crippen molar-refractivity contribution in [3.63, 3.8) is 0 Å². The first-order valence-electron chi connectivity index (χ1n) is 9.60. The number of nitrogens with one attached hydrogen (secondary N) is 2. The van der Waals surface area contributed by atoms with E-state index in [9.17, 15) is 10.1 Å². The normalized spacial score (nSPS) is 16.5. The topological polar surface area (TPSA) is 95.7 Å². The van der Waals surface area contributed by atoms with Crippen LogP contribution in [0.5, 0.6) is 5.75 Å². The highest BCUT2D eigenvalue weighted by atomic mass is 32.1. The third-order valence-electron chi connectivity index (χ3n) is 4.80. The molecule has 0 bridgehead atoms. The maximum absolute atomic E-state index is 12.3. The van der Waals surface area contributed by atoms with Crippen molar-refractivity contribution >= 4 is 28.5 Å². The molecule has 1 aromatic heterocycles. The van der Waals surface area contributed by atoms with Crippen LogP contribution in [0.3, 0.4) is 0 Å². The van der Waals surface area contributed by atoms with Crippen LogP contribution in [0.4, 0.5) is 5.00 Å². The molecule has 2 N–H and O–H groups in total. The molecule has 1 aliphatic rings. The van der Waals surface area contributed by atoms with Crippen LogP contribution in [-0.2, 0) is 21.6 Å². The molecule has 3 rings (SSSR count). The molecule has 0 saturated heterocycles. The van der Waals surface area contributed by atoms with E-state index in [2.05, 4.69) is 49.6 Å². The van der Waals surface area contributed by atoms with Gasteiger partial charge in [-0.3, -0.25) is 4.79 Å². The lowest BCUT2D eigenvalue weighted by Crippen LogP contribution is -2.54. The summed E-state index contributed by atoms with van der Waals surface area (Å²) < 4.78 is 5.10. The number of carbonyl (C=O) groups is 1. The van der Waals surface area contributed by atoms with Crippen molar-refractivity contribution in [2.75, 3.05) is 19.0 Å². The van der Waals surface area contributed by atoms with Gasteiger partial charge in [-0.2, -0.15) is 5.26 Å². The van der Waals surface area contributed by atoms with Gasteiger partial charge in [0.15, 0.2) is 6.61 Å². The molecule has 0 radical (unpaired) electrons. The van der Waals surface area contributed by atoms with Gasteiger partial charge in [0.25, 0.3) is 5.91 Å². The maximum Gasteiger partial charge on any atom is 0.265 e. The van der Waals surface area contributed by atoms with Crippen LogP contribution in [0.15, 0.2) is 29.4 Å². The number of ether oxygens (including phenoxy) is 1. The molecule has 0 unspecified atom stereocenters. The summed E-state index contributed by atoms with van der Waals surface area (Å²) in [6.45, 7) is 8.17. The first-order valence-corrected chi connectivity index (χ1v) is 10.4. The number of carbonyl (C=O) groups excluding carboxylic acids is 1. The van der Waals surface area contributed by atoms with E-state index in [4.69, 9.17) is 9.57 Å². The third kappa shape index (κ3) is 4.81. The van der Waals surface area contributed by atoms with Crippen LogP contribution >= 0.6 is 11.3 Å². The summed E-state index contributed by atoms with van der Waals surface area (Å²) in [5.74, 6) is 0.392. The summed E-state index contributed by atoms with van der Waals surface area (Å²) in [4.78, 5) is 18.5. The molecule has 30 heavy (non-hydrogen) atoms. The predicted octanol–water partition coefficient (Wildman–Crippen LogP) is 3.78. The van der Waals surface area contributed by atoms with Crippen molar-refractivity contribution in [3.8, 4) is 11.8 Å². The Kier molecular flexibility index (Phi) is 6.15. The van der Waals surface area contributed by atoms with Gasteiger partial charge in [0.05, 0.1) is 18.9 Å². The van der Waals surface area contributed by atoms with Gasteiger partial charge in [-0.15, -0.1) is 11.3 Å². The van der Waals surface area contributed by atoms with Crippen molar-refractivity contribution in [2.24, 2.45) is 5.16 Å². The minimum absolute atomic E-state index is 0.135. The van der Waals surface area contributed by atoms with Crippen molar-refractivity contribution in [3.05, 3.63) is 45.8 Å². The average Bonchev–Trinajstić information content (AvgIpc) is 3.01. The smallest absolute Gasteiger partial charge is 0.265 e. The second-order valence-electron chi connectivity index (χ2n) is 8.37. The fourth-order valence-corrected chi connectivity index (χ4v) is 5.02. The molecule has 0 saturated carbocycles. The van der Waals surface area contributed by atoms with Crippen LogP contribution < -0.4 is 15.4 Å². The van der Waals surface area contributed by atoms with Gasteiger partial charge in [0, 0.05) is 16.0 Å². The van der Waals surface area contributed by atoms with Crippen molar-refractivity contribution in [2.45, 2.75) is 45.2 Å². The maximum atomic E-state index is 12.3. The molecule has 0 atom stereocenters. The van der Waals surface area contributed by atoms with E-state index >= 15 is 0 Å². The van der Waals surface area contributed by atoms with Gasteiger partial charge in [-0.25, -0.2) is 0 Å². The Morgan fingerprint density at radius 1 is 1.33 bits per heavy atom. The molecule has 2 aromatic rings. The highest BCUT2D eigenvalue weighted by Crippen LogP contribution is 2.44. The second kappa shape index (κ2) is 8.46. The van der Waals surface area contributed by atoms with Gasteiger partial charge in [0.2, 0.25) is 0 Å². The van der Waals surface area contributed by atoms with Gasteiger partial charge in [0.1, 0.15) is 16.8 Å². The van der Waals surface area contributed by atoms with E-state index < -0.39 is 0 Å². The zero-order chi connectivity index (χ0) is 21.9. The number of hydrogen-bond donors (Lipinski definition) is 2. The summed E-state index contributed by atoms with van der Waals surface area (Å²) in [5.41, 5.74) is 1.95. The Labute approximate surface area is 180 Å². The first kappa shape index (κ1) is 21.8. The molecule has 1 aromatic carbocycles. The van der Waals surface area contributed by atoms with Crippen LogP contribution in [-0.4, -0.2) is 31.4 Å². The Morgan fingerprint density at radius 2 is 2.03 bits per heavy atom. The van der Waals surface area contributed by atoms with Crippen LogP contribution in [0.1, 0.15) is 49.3 Å². The molecule has 0 fully saturated rings. The highest BCUT2D eigenvalue weighted by Gasteiger charge is 2.40. The van der Waals surface area contributed by atoms with E-state index in [0.29, 0.717) is 10.6 Å². The fraction of sp³-hybridized carbons (Fsp3) is 0.409. The monoisotopic (exact) mass is 426 g/mol. The molecule has 1 aliphatic heterocycles. The third-order valence-corrected chi connectivity index (χ3v) is 6.27. The standard InChI is InChI=1S/C22H26N4O3S/c1-21(2)10-16-17(11-23)20(30-19(16)22(3,4)26-21)25-18(27)13-29-24-12-14-6-8-15(28-5)9-7-14/h6-9,12,26H,10,13H2,1-5H3,(H,25,27). The van der Waals surface area contributed by atoms with Gasteiger partial charge in [-0.05, 0) is 69.5 Å². The number of nitriles is 1. The number of rotatable bonds is 6. The zero-order valence-corrected chi connectivity index (χ0v) is 18.6. The number of oxime groups is 1. The van der Waals surface area contributed by atoms with Gasteiger partial charge in [-0.1, -0.05) is 5.16 Å². The Hall–Kier alpha value is -2.89. The summed E-state index contributed by atoms with van der Waals surface area (Å²) in [7, 11) is 1.60. The number of amides is 1. The average molecular weight is 427 g/mol. The largest absolute Gasteiger partial charge is 0.497 e. The molecule has 8 heteroatoms. The van der Waals surface area contributed by atoms with Crippen LogP contribution in [0.25, 0.3) is 0 Å². The fourth-order valence-electron chi connectivity index (χ4n) is 3.78. The Morgan fingerprint density at radius 3 is 2.67 bits per heavy atom. The molecular formula is C22H26N4O3S. The molecule has 1 amide bonds. The molecular weight excluding hydrogens is 400 g/mol. The van der Waals surface area contributed by atoms with E-state index in [1.807, 2.05) is 24.3 Å². The summed E-state index contributed by atoms with van der Waals surface area (Å²) >= 11 is 1.44. The first-order chi connectivity index (χ1) is 14.1. The molecule has 0 spiro atoms. The number of anilines is 1. The van der Waals surface area contributed by atoms with E-state index in [1.54, 1.807) is 7.11 Å². The van der Waals surface area contributed by atoms with Crippen LogP contribution in [0.2, 0.25) is 0 Å². The summed E-state index contributed by atoms with van der Waals surface area (Å²) in [6.07, 6.45) is 2.25. The molecule has 0 aliphatic carbocycles. The predicted molar refractivity (Wildman–Crippen MR) is 118 cm³/mol. The minimum atomic E-state index is -0.359. The van der Waals surface area contributed by atoms with E-state index in [-0.39, 0.29) is 23.6 Å². The lowest BCUT2D eigenvalue weighted by Gasteiger charge is -2.42. The van der Waals surface area contributed by atoms with E-state index in [1.165, 1.54) is 17.6 Å². The number of hydrogen-bond acceptors (Lipinski definition) is 7. The minimum Gasteiger partial charge on any atom is -0.497 e. The molecule has 7 nitrogen and oxygen atoms in total. The van der Waals surface area contributed by atoms with Crippen molar-refractivity contribution in [1.82, 2.24) is 5.32 Å². The summed E-state index contributed by atoms with van der Waals surface area (Å²) in [5, 5.41) is 20.5. The second-order valence-corrected chi connectivity index (χ2v) is 9.39. The summed E-state index contributed by atoms with van der Waals surface area (Å²) in [6, 6.07) is 9.56. The SMILES string of the molecule is COc1ccc(C=NOCC(=O)Nc2sc3c(c2C#N)CC(C)(C)NC3(C)C)cc1. The number of nitrogens with zero attached hydrogens (tertiary/aromatic N) is 2. The highest BCUT2D eigenvalue weighted by molar-refractivity contribution is 7.17. The van der Waals surface area contributed by atoms with Gasteiger partial charge < -0.3 is 20.2 Å². The quantitative estimate of drug-likeness (QED) is 0.541. The van der Waals surface area contributed by atoms with Crippen molar-refractivity contribution in [1.29, 1.82) is 5.26 Å². The lowest BCUT2D eigenvalue weighted by atomic mass is 9.81. The Bertz CT molecular complexity index is 1000. The van der Waals surface area contributed by atoms with Crippen LogP contribution in [0, 0.1) is 11.3 Å².